The van der Waals surface area contributed by atoms with Crippen LogP contribution in [0.15, 0.2) is 4.99 Å². The van der Waals surface area contributed by atoms with E-state index >= 15 is 0 Å². The first-order valence-corrected chi connectivity index (χ1v) is 4.59. The first-order valence-electron chi connectivity index (χ1n) is 4.59. The monoisotopic (exact) mass is 152 g/mol. The van der Waals surface area contributed by atoms with Gasteiger partial charge in [-0.2, -0.15) is 0 Å². The molecule has 2 N–H and O–H groups in total. The third-order valence-electron chi connectivity index (χ3n) is 3.13. The van der Waals surface area contributed by atoms with E-state index in [0.29, 0.717) is 6.04 Å². The molecule has 0 aromatic carbocycles. The van der Waals surface area contributed by atoms with Crippen LogP contribution in [0.5, 0.6) is 0 Å². The van der Waals surface area contributed by atoms with E-state index in [9.17, 15) is 0 Å². The zero-order chi connectivity index (χ0) is 7.84. The number of rotatable bonds is 0. The van der Waals surface area contributed by atoms with Gasteiger partial charge in [0.2, 0.25) is 0 Å². The van der Waals surface area contributed by atoms with E-state index in [2.05, 4.69) is 11.9 Å². The van der Waals surface area contributed by atoms with Crippen LogP contribution in [0.3, 0.4) is 0 Å². The van der Waals surface area contributed by atoms with Crippen LogP contribution in [0.2, 0.25) is 0 Å². The van der Waals surface area contributed by atoms with Crippen LogP contribution in [0.1, 0.15) is 32.6 Å². The van der Waals surface area contributed by atoms with Crippen molar-refractivity contribution in [2.45, 2.75) is 38.6 Å². The Hall–Kier alpha value is -0.530. The average molecular weight is 152 g/mol. The zero-order valence-electron chi connectivity index (χ0n) is 7.09. The fourth-order valence-electron chi connectivity index (χ4n) is 2.54. The van der Waals surface area contributed by atoms with Gasteiger partial charge in [0.05, 0.1) is 11.9 Å². The number of hydrogen-bond donors (Lipinski definition) is 1. The number of nitrogens with zero attached hydrogens (tertiary/aromatic N) is 1. The molecule has 3 atom stereocenters. The van der Waals surface area contributed by atoms with Crippen molar-refractivity contribution >= 4 is 5.84 Å². The van der Waals surface area contributed by atoms with Gasteiger partial charge in [0.15, 0.2) is 0 Å². The fourth-order valence-corrected chi connectivity index (χ4v) is 2.54. The Kier molecular flexibility index (Phi) is 1.63. The molecule has 1 aliphatic carbocycles. The van der Waals surface area contributed by atoms with E-state index < -0.39 is 0 Å². The average Bonchev–Trinajstić information content (AvgIpc) is 2.34. The fraction of sp³-hybridized carbons (Fsp3) is 0.889. The molecule has 1 heterocycles. The minimum atomic E-state index is 0.582. The lowest BCUT2D eigenvalue weighted by molar-refractivity contribution is 0.325. The van der Waals surface area contributed by atoms with Crippen molar-refractivity contribution < 1.29 is 0 Å². The molecular formula is C9H16N2. The standard InChI is InChI=1S/C9H16N2/c1-6-5-9(10)11-8-4-2-3-7(6)8/h6-8H,2-5H2,1H3,(H2,10,11)/t6-,7+,8+/m0/s1. The molecule has 2 heteroatoms. The number of fused-ring (bicyclic) bond motifs is 1. The number of amidine groups is 1. The summed E-state index contributed by atoms with van der Waals surface area (Å²) in [6, 6.07) is 0.582. The van der Waals surface area contributed by atoms with Gasteiger partial charge in [0.1, 0.15) is 0 Å². The molecule has 2 aliphatic rings. The molecule has 1 aliphatic heterocycles. The summed E-state index contributed by atoms with van der Waals surface area (Å²) < 4.78 is 0. The van der Waals surface area contributed by atoms with Crippen LogP contribution in [0.4, 0.5) is 0 Å². The van der Waals surface area contributed by atoms with E-state index in [1.165, 1.54) is 19.3 Å². The summed E-state index contributed by atoms with van der Waals surface area (Å²) in [5, 5.41) is 0. The normalized spacial score (nSPS) is 43.4. The summed E-state index contributed by atoms with van der Waals surface area (Å²) in [6.45, 7) is 2.31. The highest BCUT2D eigenvalue weighted by Crippen LogP contribution is 2.37. The predicted octanol–water partition coefficient (Wildman–Crippen LogP) is 1.55. The maximum Gasteiger partial charge on any atom is 0.0943 e. The second kappa shape index (κ2) is 2.50. The van der Waals surface area contributed by atoms with Crippen LogP contribution >= 0.6 is 0 Å². The van der Waals surface area contributed by atoms with Gasteiger partial charge in [-0.05, 0) is 24.7 Å². The van der Waals surface area contributed by atoms with Crippen LogP contribution in [-0.4, -0.2) is 11.9 Å². The highest BCUT2D eigenvalue weighted by Gasteiger charge is 2.34. The Morgan fingerprint density at radius 2 is 2.27 bits per heavy atom. The zero-order valence-corrected chi connectivity index (χ0v) is 7.09. The molecule has 0 unspecified atom stereocenters. The number of hydrogen-bond acceptors (Lipinski definition) is 2. The van der Waals surface area contributed by atoms with Crippen molar-refractivity contribution in [1.82, 2.24) is 0 Å². The minimum absolute atomic E-state index is 0.582. The number of nitrogens with two attached hydrogens (primary N) is 1. The molecule has 2 rings (SSSR count). The maximum atomic E-state index is 5.73. The van der Waals surface area contributed by atoms with Crippen LogP contribution in [0, 0.1) is 11.8 Å². The van der Waals surface area contributed by atoms with Gasteiger partial charge >= 0.3 is 0 Å². The molecule has 0 amide bonds. The molecule has 0 bridgehead atoms. The van der Waals surface area contributed by atoms with Gasteiger partial charge in [-0.15, -0.1) is 0 Å². The first-order chi connectivity index (χ1) is 5.27. The van der Waals surface area contributed by atoms with E-state index in [-0.39, 0.29) is 0 Å². The smallest absolute Gasteiger partial charge is 0.0943 e. The lowest BCUT2D eigenvalue weighted by Gasteiger charge is -2.28. The van der Waals surface area contributed by atoms with Crippen molar-refractivity contribution in [2.24, 2.45) is 22.6 Å². The molecular weight excluding hydrogens is 136 g/mol. The van der Waals surface area contributed by atoms with E-state index in [0.717, 1.165) is 24.1 Å². The summed E-state index contributed by atoms with van der Waals surface area (Å²) >= 11 is 0. The summed E-state index contributed by atoms with van der Waals surface area (Å²) in [7, 11) is 0. The Morgan fingerprint density at radius 3 is 3.09 bits per heavy atom. The summed E-state index contributed by atoms with van der Waals surface area (Å²) in [4.78, 5) is 4.49. The minimum Gasteiger partial charge on any atom is -0.387 e. The molecule has 2 nitrogen and oxygen atoms in total. The molecule has 0 radical (unpaired) electrons. The topological polar surface area (TPSA) is 38.4 Å². The molecule has 62 valence electrons. The number of aliphatic imine (C=N–C) groups is 1. The lowest BCUT2D eigenvalue weighted by atomic mass is 9.85. The summed E-state index contributed by atoms with van der Waals surface area (Å²) in [6.07, 6.45) is 5.04. The molecule has 0 aromatic rings. The third-order valence-corrected chi connectivity index (χ3v) is 3.13. The molecule has 0 saturated heterocycles. The summed E-state index contributed by atoms with van der Waals surface area (Å²) in [5.74, 6) is 2.52. The second-order valence-corrected chi connectivity index (χ2v) is 3.96. The third kappa shape index (κ3) is 1.15. The van der Waals surface area contributed by atoms with Crippen molar-refractivity contribution in [1.29, 1.82) is 0 Å². The van der Waals surface area contributed by atoms with Gasteiger partial charge in [-0.1, -0.05) is 13.3 Å². The highest BCUT2D eigenvalue weighted by molar-refractivity contribution is 5.81. The van der Waals surface area contributed by atoms with E-state index in [1.807, 2.05) is 0 Å². The SMILES string of the molecule is C[C@H]1CC(N)=N[C@@H]2CCC[C@H]12. The quantitative estimate of drug-likeness (QED) is 0.562. The van der Waals surface area contributed by atoms with Crippen molar-refractivity contribution in [3.63, 3.8) is 0 Å². The van der Waals surface area contributed by atoms with Crippen molar-refractivity contribution in [3.05, 3.63) is 0 Å². The Balaban J connectivity index is 2.18. The van der Waals surface area contributed by atoms with Gasteiger partial charge in [-0.25, -0.2) is 0 Å². The molecule has 11 heavy (non-hydrogen) atoms. The first kappa shape index (κ1) is 7.14. The van der Waals surface area contributed by atoms with Gasteiger partial charge < -0.3 is 5.73 Å². The largest absolute Gasteiger partial charge is 0.387 e. The van der Waals surface area contributed by atoms with Crippen LogP contribution in [0.25, 0.3) is 0 Å². The van der Waals surface area contributed by atoms with Crippen LogP contribution < -0.4 is 5.73 Å². The molecule has 1 saturated carbocycles. The summed E-state index contributed by atoms with van der Waals surface area (Å²) in [5.41, 5.74) is 5.73. The molecule has 1 fully saturated rings. The molecule has 0 spiro atoms. The van der Waals surface area contributed by atoms with Crippen molar-refractivity contribution in [2.75, 3.05) is 0 Å². The van der Waals surface area contributed by atoms with Gasteiger partial charge in [0.25, 0.3) is 0 Å². The Bertz CT molecular complexity index is 186. The van der Waals surface area contributed by atoms with E-state index in [4.69, 9.17) is 5.73 Å². The van der Waals surface area contributed by atoms with Gasteiger partial charge in [-0.3, -0.25) is 4.99 Å². The Labute approximate surface area is 67.9 Å². The second-order valence-electron chi connectivity index (χ2n) is 3.96. The predicted molar refractivity (Wildman–Crippen MR) is 46.5 cm³/mol. The maximum absolute atomic E-state index is 5.73. The highest BCUT2D eigenvalue weighted by atomic mass is 14.9. The van der Waals surface area contributed by atoms with E-state index in [1.54, 1.807) is 0 Å². The Morgan fingerprint density at radius 1 is 1.45 bits per heavy atom. The van der Waals surface area contributed by atoms with Gasteiger partial charge in [0, 0.05) is 6.42 Å². The van der Waals surface area contributed by atoms with Crippen molar-refractivity contribution in [3.8, 4) is 0 Å². The lowest BCUT2D eigenvalue weighted by Crippen LogP contribution is -2.32. The molecule has 0 aromatic heterocycles. The van der Waals surface area contributed by atoms with Crippen LogP contribution in [-0.2, 0) is 0 Å².